The molecule has 172 valence electrons. The van der Waals surface area contributed by atoms with Crippen molar-refractivity contribution in [2.45, 2.75) is 32.2 Å². The van der Waals surface area contributed by atoms with Crippen LogP contribution in [0.4, 0.5) is 11.8 Å². The summed E-state index contributed by atoms with van der Waals surface area (Å²) in [4.78, 5) is 13.5. The average Bonchev–Trinajstić information content (AvgIpc) is 3.40. The van der Waals surface area contributed by atoms with Gasteiger partial charge in [-0.1, -0.05) is 11.6 Å². The minimum atomic E-state index is 0.177. The normalized spacial score (nSPS) is 18.3. The van der Waals surface area contributed by atoms with Gasteiger partial charge in [0.15, 0.2) is 5.58 Å². The number of fused-ring (bicyclic) bond motifs is 1. The molecule has 3 heterocycles. The lowest BCUT2D eigenvalue weighted by Gasteiger charge is -2.18. The lowest BCUT2D eigenvalue weighted by Crippen LogP contribution is -2.19. The van der Waals surface area contributed by atoms with E-state index in [9.17, 15) is 5.11 Å². The lowest BCUT2D eigenvalue weighted by atomic mass is 10.1. The number of ether oxygens (including phenoxy) is 2. The largest absolute Gasteiger partial charge is 0.481 e. The number of aliphatic hydroxyl groups is 1. The Labute approximate surface area is 191 Å². The zero-order valence-corrected chi connectivity index (χ0v) is 19.2. The highest BCUT2D eigenvalue weighted by atomic mass is 35.5. The molecule has 0 radical (unpaired) electrons. The highest BCUT2D eigenvalue weighted by molar-refractivity contribution is 6.32. The van der Waals surface area contributed by atoms with E-state index in [1.807, 2.05) is 19.1 Å². The fraction of sp³-hybridized carbons (Fsp3) is 0.500. The molecule has 10 heteroatoms. The Bertz CT molecular complexity index is 1090. The number of rotatable bonds is 9. The van der Waals surface area contributed by atoms with Gasteiger partial charge in [0, 0.05) is 37.8 Å². The van der Waals surface area contributed by atoms with Gasteiger partial charge in [-0.3, -0.25) is 0 Å². The first-order valence-electron chi connectivity index (χ1n) is 10.7. The number of hydrogen-bond donors (Lipinski definition) is 3. The van der Waals surface area contributed by atoms with Crippen molar-refractivity contribution in [2.24, 2.45) is 5.92 Å². The molecule has 1 saturated carbocycles. The molecule has 2 unspecified atom stereocenters. The summed E-state index contributed by atoms with van der Waals surface area (Å²) in [6.07, 6.45) is 2.78. The van der Waals surface area contributed by atoms with E-state index >= 15 is 0 Å². The number of aromatic nitrogens is 3. The van der Waals surface area contributed by atoms with Crippen LogP contribution in [-0.4, -0.2) is 60.1 Å². The van der Waals surface area contributed by atoms with Crippen molar-refractivity contribution in [3.63, 3.8) is 0 Å². The Balaban J connectivity index is 1.74. The number of methoxy groups -OCH3 is 2. The fourth-order valence-electron chi connectivity index (χ4n) is 4.07. The van der Waals surface area contributed by atoms with E-state index in [0.717, 1.165) is 30.3 Å². The van der Waals surface area contributed by atoms with Crippen molar-refractivity contribution in [1.82, 2.24) is 15.0 Å². The molecular weight excluding hydrogens is 434 g/mol. The molecule has 0 amide bonds. The van der Waals surface area contributed by atoms with Gasteiger partial charge in [-0.25, -0.2) is 9.97 Å². The highest BCUT2D eigenvalue weighted by Gasteiger charge is 2.27. The summed E-state index contributed by atoms with van der Waals surface area (Å²) in [7, 11) is 3.22. The second-order valence-corrected chi connectivity index (χ2v) is 8.32. The molecule has 2 atom stereocenters. The minimum Gasteiger partial charge on any atom is -0.481 e. The van der Waals surface area contributed by atoms with Crippen LogP contribution in [0.25, 0.3) is 22.3 Å². The predicted molar refractivity (Wildman–Crippen MR) is 124 cm³/mol. The predicted octanol–water partition coefficient (Wildman–Crippen LogP) is 3.89. The molecular formula is C22H28ClN5O4. The molecule has 0 aliphatic heterocycles. The Morgan fingerprint density at radius 3 is 2.78 bits per heavy atom. The zero-order chi connectivity index (χ0) is 22.7. The number of anilines is 2. The van der Waals surface area contributed by atoms with Crippen LogP contribution in [-0.2, 0) is 4.74 Å². The fourth-order valence-corrected chi connectivity index (χ4v) is 4.33. The number of aryl methyl sites for hydroxylation is 1. The summed E-state index contributed by atoms with van der Waals surface area (Å²) in [5.74, 6) is 2.35. The summed E-state index contributed by atoms with van der Waals surface area (Å²) in [5, 5.41) is 17.3. The lowest BCUT2D eigenvalue weighted by molar-refractivity contribution is 0.210. The van der Waals surface area contributed by atoms with Crippen LogP contribution in [0.3, 0.4) is 0 Å². The van der Waals surface area contributed by atoms with E-state index in [-0.39, 0.29) is 17.8 Å². The molecule has 0 spiro atoms. The highest BCUT2D eigenvalue weighted by Crippen LogP contribution is 2.39. The standard InChI is InChI=1S/C22H28ClN5O4/c1-12-19-14(10-17(25-12)31-3)9-16(32-19)18-20(23)27-22(24-6-7-30-2)28-21(18)26-15-5-4-13(8-15)11-29/h9-10,13,15,29H,4-8,11H2,1-3H3,(H2,24,26,27,28). The molecule has 3 aromatic heterocycles. The van der Waals surface area contributed by atoms with E-state index in [4.69, 9.17) is 25.5 Å². The summed E-state index contributed by atoms with van der Waals surface area (Å²) in [6.45, 7) is 3.13. The van der Waals surface area contributed by atoms with Crippen LogP contribution in [0.1, 0.15) is 25.0 Å². The second-order valence-electron chi connectivity index (χ2n) is 7.96. The number of nitrogens with one attached hydrogen (secondary N) is 2. The van der Waals surface area contributed by atoms with E-state index in [1.165, 1.54) is 0 Å². The number of nitrogens with zero attached hydrogens (tertiary/aromatic N) is 3. The van der Waals surface area contributed by atoms with Gasteiger partial charge in [0.25, 0.3) is 0 Å². The van der Waals surface area contributed by atoms with Crippen LogP contribution in [0.5, 0.6) is 5.88 Å². The first kappa shape index (κ1) is 22.6. The van der Waals surface area contributed by atoms with E-state index in [1.54, 1.807) is 14.2 Å². The molecule has 1 aliphatic carbocycles. The first-order chi connectivity index (χ1) is 15.5. The Morgan fingerprint density at radius 2 is 2.06 bits per heavy atom. The van der Waals surface area contributed by atoms with Gasteiger partial charge in [0.05, 0.1) is 25.0 Å². The van der Waals surface area contributed by atoms with Crippen LogP contribution in [0, 0.1) is 12.8 Å². The number of hydrogen-bond acceptors (Lipinski definition) is 9. The quantitative estimate of drug-likeness (QED) is 0.322. The molecule has 0 saturated heterocycles. The van der Waals surface area contributed by atoms with Crippen LogP contribution in [0.15, 0.2) is 16.5 Å². The molecule has 9 nitrogen and oxygen atoms in total. The van der Waals surface area contributed by atoms with Gasteiger partial charge in [-0.2, -0.15) is 4.98 Å². The van der Waals surface area contributed by atoms with Gasteiger partial charge in [0.2, 0.25) is 11.8 Å². The number of aliphatic hydroxyl groups excluding tert-OH is 1. The monoisotopic (exact) mass is 461 g/mol. The Hall–Kier alpha value is -2.62. The van der Waals surface area contributed by atoms with Gasteiger partial charge in [-0.15, -0.1) is 0 Å². The van der Waals surface area contributed by atoms with Crippen molar-refractivity contribution in [3.05, 3.63) is 23.0 Å². The molecule has 0 bridgehead atoms. The van der Waals surface area contributed by atoms with E-state index in [0.29, 0.717) is 53.6 Å². The van der Waals surface area contributed by atoms with Crippen LogP contribution in [0.2, 0.25) is 5.15 Å². The minimum absolute atomic E-state index is 0.177. The van der Waals surface area contributed by atoms with Crippen LogP contribution < -0.4 is 15.4 Å². The van der Waals surface area contributed by atoms with Gasteiger partial charge >= 0.3 is 0 Å². The van der Waals surface area contributed by atoms with Gasteiger partial charge in [0.1, 0.15) is 16.7 Å². The van der Waals surface area contributed by atoms with Gasteiger partial charge in [-0.05, 0) is 38.2 Å². The summed E-state index contributed by atoms with van der Waals surface area (Å²) in [6, 6.07) is 3.89. The van der Waals surface area contributed by atoms with Crippen molar-refractivity contribution in [2.75, 3.05) is 44.6 Å². The molecule has 1 fully saturated rings. The SMILES string of the molecule is COCCNc1nc(Cl)c(-c2cc3cc(OC)nc(C)c3o2)c(NC2CCC(CO)C2)n1. The van der Waals surface area contributed by atoms with Crippen LogP contribution >= 0.6 is 11.6 Å². The smallest absolute Gasteiger partial charge is 0.226 e. The molecule has 4 rings (SSSR count). The van der Waals surface area contributed by atoms with Gasteiger partial charge < -0.3 is 29.6 Å². The number of furan rings is 1. The summed E-state index contributed by atoms with van der Waals surface area (Å²) < 4.78 is 16.5. The third-order valence-electron chi connectivity index (χ3n) is 5.70. The molecule has 0 aromatic carbocycles. The van der Waals surface area contributed by atoms with Crippen molar-refractivity contribution < 1.29 is 19.0 Å². The first-order valence-corrected chi connectivity index (χ1v) is 11.0. The molecule has 3 N–H and O–H groups in total. The van der Waals surface area contributed by atoms with E-state index in [2.05, 4.69) is 25.6 Å². The summed E-state index contributed by atoms with van der Waals surface area (Å²) >= 11 is 6.65. The third kappa shape index (κ3) is 4.74. The molecule has 1 aliphatic rings. The number of halogens is 1. The second kappa shape index (κ2) is 9.89. The average molecular weight is 462 g/mol. The third-order valence-corrected chi connectivity index (χ3v) is 5.97. The zero-order valence-electron chi connectivity index (χ0n) is 18.4. The van der Waals surface area contributed by atoms with Crippen molar-refractivity contribution in [3.8, 4) is 17.2 Å². The van der Waals surface area contributed by atoms with Crippen molar-refractivity contribution >= 4 is 34.3 Å². The van der Waals surface area contributed by atoms with E-state index < -0.39 is 0 Å². The maximum Gasteiger partial charge on any atom is 0.226 e. The maximum atomic E-state index is 9.51. The number of pyridine rings is 1. The van der Waals surface area contributed by atoms with Crippen molar-refractivity contribution in [1.29, 1.82) is 0 Å². The topological polar surface area (TPSA) is 115 Å². The maximum absolute atomic E-state index is 9.51. The molecule has 32 heavy (non-hydrogen) atoms. The Morgan fingerprint density at radius 1 is 1.22 bits per heavy atom. The summed E-state index contributed by atoms with van der Waals surface area (Å²) in [5.41, 5.74) is 1.97. The molecule has 3 aromatic rings. The Kier molecular flexibility index (Phi) is 6.98.